The van der Waals surface area contributed by atoms with Gasteiger partial charge < -0.3 is 14.8 Å². The van der Waals surface area contributed by atoms with Gasteiger partial charge >= 0.3 is 0 Å². The quantitative estimate of drug-likeness (QED) is 0.694. The lowest BCUT2D eigenvalue weighted by Gasteiger charge is -2.17. The molecule has 0 aromatic heterocycles. The molecule has 1 amide bonds. The van der Waals surface area contributed by atoms with E-state index in [0.717, 1.165) is 0 Å². The summed E-state index contributed by atoms with van der Waals surface area (Å²) in [7, 11) is -2.12. The first-order valence-electron chi connectivity index (χ1n) is 7.74. The highest BCUT2D eigenvalue weighted by Crippen LogP contribution is 2.17. The van der Waals surface area contributed by atoms with E-state index in [0.29, 0.717) is 5.75 Å². The number of amides is 1. The third-order valence-electron chi connectivity index (χ3n) is 3.02. The first-order chi connectivity index (χ1) is 11.2. The van der Waals surface area contributed by atoms with Crippen molar-refractivity contribution in [2.45, 2.75) is 50.8 Å². The van der Waals surface area contributed by atoms with Crippen LogP contribution in [-0.2, 0) is 19.6 Å². The lowest BCUT2D eigenvalue weighted by molar-refractivity contribution is -0.127. The predicted molar refractivity (Wildman–Crippen MR) is 91.5 cm³/mol. The standard InChI is InChI=1S/C16H26N2O5S/c1-11(2)17-16(19)13(4)23-14-6-8-15(9-7-14)24(20,21)18-12(3)10-22-5/h6-9,11-13,18H,10H2,1-5H3,(H,17,19)/t12-,13+/m0/s1. The second-order valence-corrected chi connectivity index (χ2v) is 7.59. The molecule has 0 spiro atoms. The molecule has 1 aromatic carbocycles. The van der Waals surface area contributed by atoms with Crippen LogP contribution >= 0.6 is 0 Å². The van der Waals surface area contributed by atoms with Crippen molar-refractivity contribution < 1.29 is 22.7 Å². The summed E-state index contributed by atoms with van der Waals surface area (Å²) in [5, 5.41) is 2.75. The van der Waals surface area contributed by atoms with Gasteiger partial charge in [0.25, 0.3) is 5.91 Å². The average Bonchev–Trinajstić information content (AvgIpc) is 2.46. The van der Waals surface area contributed by atoms with Gasteiger partial charge in [-0.3, -0.25) is 4.79 Å². The molecule has 0 aliphatic rings. The topological polar surface area (TPSA) is 93.7 Å². The minimum atomic E-state index is -3.62. The molecular weight excluding hydrogens is 332 g/mol. The number of benzene rings is 1. The average molecular weight is 358 g/mol. The molecule has 24 heavy (non-hydrogen) atoms. The largest absolute Gasteiger partial charge is 0.481 e. The van der Waals surface area contributed by atoms with E-state index in [2.05, 4.69) is 10.0 Å². The van der Waals surface area contributed by atoms with Gasteiger partial charge in [-0.2, -0.15) is 0 Å². The van der Waals surface area contributed by atoms with Gasteiger partial charge in [0.1, 0.15) is 5.75 Å². The maximum Gasteiger partial charge on any atom is 0.260 e. The summed E-state index contributed by atoms with van der Waals surface area (Å²) in [6.45, 7) is 7.36. The number of carbonyl (C=O) groups is 1. The Balaban J connectivity index is 2.73. The van der Waals surface area contributed by atoms with Crippen LogP contribution in [0.3, 0.4) is 0 Å². The van der Waals surface area contributed by atoms with Crippen molar-refractivity contribution in [3.8, 4) is 5.75 Å². The second-order valence-electron chi connectivity index (χ2n) is 5.87. The maximum absolute atomic E-state index is 12.2. The van der Waals surface area contributed by atoms with Gasteiger partial charge in [0, 0.05) is 19.2 Å². The van der Waals surface area contributed by atoms with Gasteiger partial charge in [0.15, 0.2) is 6.10 Å². The highest BCUT2D eigenvalue weighted by Gasteiger charge is 2.19. The molecule has 0 aliphatic carbocycles. The summed E-state index contributed by atoms with van der Waals surface area (Å²) in [6.07, 6.45) is -0.672. The summed E-state index contributed by atoms with van der Waals surface area (Å²) in [6, 6.07) is 5.60. The molecule has 0 radical (unpaired) electrons. The van der Waals surface area contributed by atoms with E-state index in [-0.39, 0.29) is 29.5 Å². The van der Waals surface area contributed by atoms with Crippen LogP contribution in [-0.4, -0.2) is 46.2 Å². The number of sulfonamides is 1. The monoisotopic (exact) mass is 358 g/mol. The van der Waals surface area contributed by atoms with Crippen molar-refractivity contribution in [2.75, 3.05) is 13.7 Å². The fourth-order valence-electron chi connectivity index (χ4n) is 1.97. The number of rotatable bonds is 9. The fraction of sp³-hybridized carbons (Fsp3) is 0.562. The van der Waals surface area contributed by atoms with E-state index in [4.69, 9.17) is 9.47 Å². The number of hydrogen-bond donors (Lipinski definition) is 2. The number of methoxy groups -OCH3 is 1. The Morgan fingerprint density at radius 3 is 2.21 bits per heavy atom. The molecule has 7 nitrogen and oxygen atoms in total. The van der Waals surface area contributed by atoms with E-state index in [1.54, 1.807) is 13.8 Å². The van der Waals surface area contributed by atoms with Crippen LogP contribution in [0.1, 0.15) is 27.7 Å². The van der Waals surface area contributed by atoms with E-state index in [9.17, 15) is 13.2 Å². The van der Waals surface area contributed by atoms with Crippen LogP contribution < -0.4 is 14.8 Å². The molecule has 1 aromatic rings. The minimum absolute atomic E-state index is 0.0243. The first-order valence-corrected chi connectivity index (χ1v) is 9.22. The van der Waals surface area contributed by atoms with E-state index in [1.165, 1.54) is 31.4 Å². The predicted octanol–water partition coefficient (Wildman–Crippen LogP) is 1.29. The van der Waals surface area contributed by atoms with Crippen LogP contribution in [0.4, 0.5) is 0 Å². The molecule has 0 aliphatic heterocycles. The molecule has 0 fully saturated rings. The maximum atomic E-state index is 12.2. The Morgan fingerprint density at radius 1 is 1.12 bits per heavy atom. The third-order valence-corrected chi connectivity index (χ3v) is 4.63. The van der Waals surface area contributed by atoms with Crippen LogP contribution in [0, 0.1) is 0 Å². The molecule has 0 saturated carbocycles. The van der Waals surface area contributed by atoms with Crippen molar-refractivity contribution in [1.29, 1.82) is 0 Å². The summed E-state index contributed by atoms with van der Waals surface area (Å²) in [5.74, 6) is 0.196. The Hall–Kier alpha value is -1.64. The first kappa shape index (κ1) is 20.4. The van der Waals surface area contributed by atoms with Crippen molar-refractivity contribution in [2.24, 2.45) is 0 Å². The molecule has 2 N–H and O–H groups in total. The number of carbonyl (C=O) groups excluding carboxylic acids is 1. The molecule has 0 unspecified atom stereocenters. The van der Waals surface area contributed by atoms with Gasteiger partial charge in [0.05, 0.1) is 11.5 Å². The zero-order valence-corrected chi connectivity index (χ0v) is 15.5. The van der Waals surface area contributed by atoms with Crippen LogP contribution in [0.5, 0.6) is 5.75 Å². The Bertz CT molecular complexity index is 628. The molecule has 0 saturated heterocycles. The molecule has 2 atom stereocenters. The second kappa shape index (κ2) is 9.00. The van der Waals surface area contributed by atoms with Crippen LogP contribution in [0.25, 0.3) is 0 Å². The van der Waals surface area contributed by atoms with Crippen LogP contribution in [0.15, 0.2) is 29.2 Å². The molecule has 0 heterocycles. The number of nitrogens with one attached hydrogen (secondary N) is 2. The smallest absolute Gasteiger partial charge is 0.260 e. The zero-order chi connectivity index (χ0) is 18.3. The Morgan fingerprint density at radius 2 is 1.71 bits per heavy atom. The third kappa shape index (κ3) is 6.46. The fourth-order valence-corrected chi connectivity index (χ4v) is 3.20. The minimum Gasteiger partial charge on any atom is -0.481 e. The Labute approximate surface area is 143 Å². The Kier molecular flexibility index (Phi) is 7.65. The van der Waals surface area contributed by atoms with Gasteiger partial charge in [-0.1, -0.05) is 0 Å². The van der Waals surface area contributed by atoms with Crippen LogP contribution in [0.2, 0.25) is 0 Å². The van der Waals surface area contributed by atoms with E-state index < -0.39 is 16.1 Å². The number of hydrogen-bond acceptors (Lipinski definition) is 5. The van der Waals surface area contributed by atoms with Gasteiger partial charge in [0.2, 0.25) is 10.0 Å². The van der Waals surface area contributed by atoms with Crippen molar-refractivity contribution in [3.05, 3.63) is 24.3 Å². The van der Waals surface area contributed by atoms with Crippen molar-refractivity contribution in [1.82, 2.24) is 10.0 Å². The SMILES string of the molecule is COC[C@H](C)NS(=O)(=O)c1ccc(O[C@H](C)C(=O)NC(C)C)cc1. The van der Waals surface area contributed by atoms with Gasteiger partial charge in [-0.25, -0.2) is 13.1 Å². The van der Waals surface area contributed by atoms with Crippen molar-refractivity contribution in [3.63, 3.8) is 0 Å². The summed E-state index contributed by atoms with van der Waals surface area (Å²) in [5.41, 5.74) is 0. The lowest BCUT2D eigenvalue weighted by Crippen LogP contribution is -2.40. The van der Waals surface area contributed by atoms with E-state index >= 15 is 0 Å². The number of ether oxygens (including phenoxy) is 2. The summed E-state index contributed by atoms with van der Waals surface area (Å²) >= 11 is 0. The summed E-state index contributed by atoms with van der Waals surface area (Å²) in [4.78, 5) is 11.9. The molecular formula is C16H26N2O5S. The summed E-state index contributed by atoms with van der Waals surface area (Å²) < 4.78 is 37.4. The molecule has 1 rings (SSSR count). The van der Waals surface area contributed by atoms with E-state index in [1.807, 2.05) is 13.8 Å². The highest BCUT2D eigenvalue weighted by molar-refractivity contribution is 7.89. The molecule has 0 bridgehead atoms. The van der Waals surface area contributed by atoms with Crippen molar-refractivity contribution >= 4 is 15.9 Å². The molecule has 8 heteroatoms. The lowest BCUT2D eigenvalue weighted by atomic mass is 10.3. The zero-order valence-electron chi connectivity index (χ0n) is 14.7. The normalized spacial score (nSPS) is 14.2. The van der Waals surface area contributed by atoms with Gasteiger partial charge in [-0.15, -0.1) is 0 Å². The highest BCUT2D eigenvalue weighted by atomic mass is 32.2. The molecule has 136 valence electrons. The van der Waals surface area contributed by atoms with Gasteiger partial charge in [-0.05, 0) is 52.0 Å².